The number of ether oxygens (including phenoxy) is 1. The van der Waals surface area contributed by atoms with Crippen molar-refractivity contribution >= 4 is 11.6 Å². The monoisotopic (exact) mass is 319 g/mol. The second-order valence-corrected chi connectivity index (χ2v) is 6.70. The third-order valence-electron chi connectivity index (χ3n) is 4.31. The van der Waals surface area contributed by atoms with Crippen molar-refractivity contribution in [3.8, 4) is 5.75 Å². The van der Waals surface area contributed by atoms with Crippen molar-refractivity contribution in [2.75, 3.05) is 32.6 Å². The molecule has 0 aliphatic heterocycles. The summed E-state index contributed by atoms with van der Waals surface area (Å²) < 4.78 is 5.74. The molecular weight excluding hydrogens is 290 g/mol. The number of hydrogen-bond donors (Lipinski definition) is 2. The maximum absolute atomic E-state index is 12.5. The topological polar surface area (TPSA) is 67.6 Å². The fourth-order valence-electron chi connectivity index (χ4n) is 2.90. The average molecular weight is 319 g/mol. The van der Waals surface area contributed by atoms with Crippen molar-refractivity contribution in [1.82, 2.24) is 4.90 Å². The molecular formula is C18H29N3O2. The van der Waals surface area contributed by atoms with E-state index in [0.29, 0.717) is 6.61 Å². The van der Waals surface area contributed by atoms with Crippen LogP contribution in [0, 0.1) is 0 Å². The smallest absolute Gasteiger partial charge is 0.244 e. The minimum absolute atomic E-state index is 0.0815. The van der Waals surface area contributed by atoms with E-state index in [4.69, 9.17) is 10.5 Å². The van der Waals surface area contributed by atoms with Gasteiger partial charge in [0.2, 0.25) is 5.91 Å². The van der Waals surface area contributed by atoms with E-state index in [2.05, 4.69) is 10.2 Å². The number of benzene rings is 1. The first-order valence-electron chi connectivity index (χ1n) is 8.47. The summed E-state index contributed by atoms with van der Waals surface area (Å²) in [4.78, 5) is 14.6. The number of nitrogens with two attached hydrogens (primary N) is 1. The van der Waals surface area contributed by atoms with E-state index >= 15 is 0 Å². The number of anilines is 1. The minimum Gasteiger partial charge on any atom is -0.493 e. The highest BCUT2D eigenvalue weighted by atomic mass is 16.5. The van der Waals surface area contributed by atoms with E-state index in [1.807, 2.05) is 38.4 Å². The van der Waals surface area contributed by atoms with Gasteiger partial charge in [-0.25, -0.2) is 0 Å². The second-order valence-electron chi connectivity index (χ2n) is 6.70. The Bertz CT molecular complexity index is 511. The minimum atomic E-state index is -0.721. The molecule has 0 saturated heterocycles. The molecule has 1 aliphatic rings. The van der Waals surface area contributed by atoms with Gasteiger partial charge in [0.1, 0.15) is 5.75 Å². The van der Waals surface area contributed by atoms with Crippen LogP contribution in [-0.4, -0.2) is 43.6 Å². The Labute approximate surface area is 139 Å². The third kappa shape index (κ3) is 5.52. The van der Waals surface area contributed by atoms with E-state index in [9.17, 15) is 4.79 Å². The van der Waals surface area contributed by atoms with Gasteiger partial charge in [0.25, 0.3) is 0 Å². The summed E-state index contributed by atoms with van der Waals surface area (Å²) in [5.74, 6) is 0.693. The number of rotatable bonds is 7. The SMILES string of the molecule is CN(C)CCCOc1cccc(NC(=O)C2(N)CCCCC2)c1. The van der Waals surface area contributed by atoms with Crippen LogP contribution >= 0.6 is 0 Å². The molecule has 1 amide bonds. The van der Waals surface area contributed by atoms with Gasteiger partial charge in [0.15, 0.2) is 0 Å². The van der Waals surface area contributed by atoms with Crippen molar-refractivity contribution in [3.63, 3.8) is 0 Å². The molecule has 5 nitrogen and oxygen atoms in total. The lowest BCUT2D eigenvalue weighted by molar-refractivity contribution is -0.122. The Hall–Kier alpha value is -1.59. The summed E-state index contributed by atoms with van der Waals surface area (Å²) >= 11 is 0. The first kappa shape index (κ1) is 17.8. The van der Waals surface area contributed by atoms with Crippen molar-refractivity contribution in [2.24, 2.45) is 5.73 Å². The zero-order chi connectivity index (χ0) is 16.7. The van der Waals surface area contributed by atoms with Gasteiger partial charge in [-0.15, -0.1) is 0 Å². The van der Waals surface area contributed by atoms with Crippen LogP contribution in [0.2, 0.25) is 0 Å². The quantitative estimate of drug-likeness (QED) is 0.758. The zero-order valence-corrected chi connectivity index (χ0v) is 14.3. The standard InChI is InChI=1S/C18H29N3O2/c1-21(2)12-7-13-23-16-9-6-8-15(14-16)20-17(22)18(19)10-4-3-5-11-18/h6,8-9,14H,3-5,7,10-13,19H2,1-2H3,(H,20,22). The van der Waals surface area contributed by atoms with Gasteiger partial charge in [-0.2, -0.15) is 0 Å². The Kier molecular flexibility index (Phi) is 6.42. The highest BCUT2D eigenvalue weighted by Gasteiger charge is 2.35. The van der Waals surface area contributed by atoms with Gasteiger partial charge in [-0.05, 0) is 45.5 Å². The molecule has 0 unspecified atom stereocenters. The number of hydrogen-bond acceptors (Lipinski definition) is 4. The van der Waals surface area contributed by atoms with Gasteiger partial charge in [-0.1, -0.05) is 25.3 Å². The molecule has 23 heavy (non-hydrogen) atoms. The fraction of sp³-hybridized carbons (Fsp3) is 0.611. The maximum Gasteiger partial charge on any atom is 0.244 e. The number of nitrogens with one attached hydrogen (secondary N) is 1. The number of carbonyl (C=O) groups is 1. The highest BCUT2D eigenvalue weighted by Crippen LogP contribution is 2.27. The lowest BCUT2D eigenvalue weighted by Crippen LogP contribution is -2.52. The summed E-state index contributed by atoms with van der Waals surface area (Å²) in [6.07, 6.45) is 5.72. The van der Waals surface area contributed by atoms with Crippen LogP contribution in [0.1, 0.15) is 38.5 Å². The van der Waals surface area contributed by atoms with Gasteiger partial charge in [-0.3, -0.25) is 4.79 Å². The normalized spacial score (nSPS) is 17.0. The zero-order valence-electron chi connectivity index (χ0n) is 14.3. The first-order chi connectivity index (χ1) is 11.0. The van der Waals surface area contributed by atoms with Crippen molar-refractivity contribution in [3.05, 3.63) is 24.3 Å². The molecule has 1 fully saturated rings. The molecule has 0 bridgehead atoms. The van der Waals surface area contributed by atoms with Gasteiger partial charge >= 0.3 is 0 Å². The van der Waals surface area contributed by atoms with Crippen molar-refractivity contribution in [2.45, 2.75) is 44.1 Å². The van der Waals surface area contributed by atoms with E-state index in [1.165, 1.54) is 6.42 Å². The third-order valence-corrected chi connectivity index (χ3v) is 4.31. The van der Waals surface area contributed by atoms with Crippen LogP contribution in [0.15, 0.2) is 24.3 Å². The highest BCUT2D eigenvalue weighted by molar-refractivity contribution is 5.98. The number of amides is 1. The summed E-state index contributed by atoms with van der Waals surface area (Å²) in [5, 5.41) is 2.95. The lowest BCUT2D eigenvalue weighted by atomic mass is 9.82. The van der Waals surface area contributed by atoms with Crippen LogP contribution in [0.3, 0.4) is 0 Å². The molecule has 0 aromatic heterocycles. The molecule has 0 radical (unpaired) electrons. The van der Waals surface area contributed by atoms with E-state index in [0.717, 1.165) is 50.1 Å². The van der Waals surface area contributed by atoms with Crippen LogP contribution < -0.4 is 15.8 Å². The summed E-state index contributed by atoms with van der Waals surface area (Å²) in [6.45, 7) is 1.66. The maximum atomic E-state index is 12.5. The number of carbonyl (C=O) groups excluding carboxylic acids is 1. The van der Waals surface area contributed by atoms with E-state index in [1.54, 1.807) is 0 Å². The van der Waals surface area contributed by atoms with Crippen LogP contribution in [0.5, 0.6) is 5.75 Å². The summed E-state index contributed by atoms with van der Waals surface area (Å²) in [5.41, 5.74) is 6.29. The molecule has 1 saturated carbocycles. The molecule has 0 heterocycles. The molecule has 2 rings (SSSR count). The summed E-state index contributed by atoms with van der Waals surface area (Å²) in [7, 11) is 4.09. The van der Waals surface area contributed by atoms with Gasteiger partial charge in [0.05, 0.1) is 12.1 Å². The molecule has 1 aliphatic carbocycles. The molecule has 3 N–H and O–H groups in total. The largest absolute Gasteiger partial charge is 0.493 e. The molecule has 128 valence electrons. The Morgan fingerprint density at radius 3 is 2.74 bits per heavy atom. The molecule has 0 atom stereocenters. The van der Waals surface area contributed by atoms with Crippen molar-refractivity contribution in [1.29, 1.82) is 0 Å². The lowest BCUT2D eigenvalue weighted by Gasteiger charge is -2.31. The Morgan fingerprint density at radius 1 is 1.30 bits per heavy atom. The van der Waals surface area contributed by atoms with Crippen LogP contribution in [-0.2, 0) is 4.79 Å². The number of nitrogens with zero attached hydrogens (tertiary/aromatic N) is 1. The van der Waals surface area contributed by atoms with E-state index in [-0.39, 0.29) is 5.91 Å². The fourth-order valence-corrected chi connectivity index (χ4v) is 2.90. The Morgan fingerprint density at radius 2 is 2.04 bits per heavy atom. The van der Waals surface area contributed by atoms with Crippen LogP contribution in [0.4, 0.5) is 5.69 Å². The van der Waals surface area contributed by atoms with Gasteiger partial charge < -0.3 is 20.7 Å². The molecule has 1 aromatic carbocycles. The molecule has 1 aromatic rings. The Balaban J connectivity index is 1.87. The molecule has 0 spiro atoms. The predicted octanol–water partition coefficient (Wildman–Crippen LogP) is 2.62. The summed E-state index contributed by atoms with van der Waals surface area (Å²) in [6, 6.07) is 7.53. The van der Waals surface area contributed by atoms with Crippen LogP contribution in [0.25, 0.3) is 0 Å². The average Bonchev–Trinajstić information content (AvgIpc) is 2.52. The second kappa shape index (κ2) is 8.31. The first-order valence-corrected chi connectivity index (χ1v) is 8.47. The van der Waals surface area contributed by atoms with Gasteiger partial charge in [0, 0.05) is 18.3 Å². The predicted molar refractivity (Wildman–Crippen MR) is 93.7 cm³/mol. The molecule has 5 heteroatoms. The van der Waals surface area contributed by atoms with Crippen molar-refractivity contribution < 1.29 is 9.53 Å². The van der Waals surface area contributed by atoms with E-state index < -0.39 is 5.54 Å².